The number of carbonyl (C=O) groups is 1. The Hall–Kier alpha value is -1.18. The van der Waals surface area contributed by atoms with Gasteiger partial charge in [-0.2, -0.15) is 0 Å². The first-order valence-corrected chi connectivity index (χ1v) is 7.34. The number of likely N-dealkylation sites (N-methyl/N-ethyl adjacent to an activating group) is 1. The molecule has 1 amide bonds. The molecule has 106 valence electrons. The lowest BCUT2D eigenvalue weighted by Crippen LogP contribution is -2.52. The summed E-state index contributed by atoms with van der Waals surface area (Å²) in [6.07, 6.45) is 0. The summed E-state index contributed by atoms with van der Waals surface area (Å²) in [6.45, 7) is 6.31. The van der Waals surface area contributed by atoms with E-state index >= 15 is 0 Å². The minimum Gasteiger partial charge on any atom is -0.375 e. The molecule has 7 heteroatoms. The Morgan fingerprint density at radius 3 is 2.79 bits per heavy atom. The van der Waals surface area contributed by atoms with Crippen molar-refractivity contribution in [2.24, 2.45) is 0 Å². The first-order chi connectivity index (χ1) is 9.06. The molecule has 1 aliphatic rings. The minimum absolute atomic E-state index is 0.0520. The maximum Gasteiger partial charge on any atom is 0.237 e. The molecule has 0 radical (unpaired) electrons. The summed E-state index contributed by atoms with van der Waals surface area (Å²) in [7, 11) is 2.11. The monoisotopic (exact) mass is 283 g/mol. The highest BCUT2D eigenvalue weighted by atomic mass is 32.1. The van der Waals surface area contributed by atoms with E-state index in [1.54, 1.807) is 0 Å². The van der Waals surface area contributed by atoms with Gasteiger partial charge in [-0.1, -0.05) is 0 Å². The van der Waals surface area contributed by atoms with E-state index in [0.29, 0.717) is 11.7 Å². The number of anilines is 1. The molecule has 1 aliphatic heterocycles. The van der Waals surface area contributed by atoms with Gasteiger partial charge < -0.3 is 16.0 Å². The van der Waals surface area contributed by atoms with Gasteiger partial charge in [0, 0.05) is 31.6 Å². The summed E-state index contributed by atoms with van der Waals surface area (Å²) in [6, 6.07) is -0.0929. The summed E-state index contributed by atoms with van der Waals surface area (Å²) >= 11 is 1.39. The van der Waals surface area contributed by atoms with Crippen LogP contribution in [-0.2, 0) is 11.3 Å². The number of aromatic nitrogens is 1. The van der Waals surface area contributed by atoms with Crippen molar-refractivity contribution in [2.45, 2.75) is 19.5 Å². The van der Waals surface area contributed by atoms with E-state index in [1.807, 2.05) is 12.3 Å². The lowest BCUT2D eigenvalue weighted by molar-refractivity contribution is -0.126. The number of hydrogen-bond donors (Lipinski definition) is 2. The van der Waals surface area contributed by atoms with Crippen molar-refractivity contribution in [2.75, 3.05) is 39.0 Å². The van der Waals surface area contributed by atoms with Crippen LogP contribution in [0.5, 0.6) is 0 Å². The van der Waals surface area contributed by atoms with E-state index in [4.69, 9.17) is 5.73 Å². The number of nitrogen functional groups attached to an aromatic ring is 1. The van der Waals surface area contributed by atoms with Gasteiger partial charge in [-0.25, -0.2) is 4.98 Å². The van der Waals surface area contributed by atoms with Crippen LogP contribution in [0.1, 0.15) is 12.6 Å². The molecule has 0 bridgehead atoms. The second kappa shape index (κ2) is 6.31. The number of carbonyl (C=O) groups excluding carboxylic acids is 1. The van der Waals surface area contributed by atoms with Crippen LogP contribution in [0.2, 0.25) is 0 Å². The van der Waals surface area contributed by atoms with E-state index < -0.39 is 0 Å². The lowest BCUT2D eigenvalue weighted by atomic mass is 10.2. The van der Waals surface area contributed by atoms with E-state index in [9.17, 15) is 4.79 Å². The SMILES string of the molecule is C[C@@H](C(=O)NCc1csc(N)n1)N1CCN(C)CC1. The van der Waals surface area contributed by atoms with E-state index in [1.165, 1.54) is 11.3 Å². The molecule has 1 atom stereocenters. The standard InChI is InChI=1S/C12H21N5OS/c1-9(17-5-3-16(2)4-6-17)11(18)14-7-10-8-19-12(13)15-10/h8-9H,3-7H2,1-2H3,(H2,13,15)(H,14,18)/t9-/m0/s1. The Morgan fingerprint density at radius 1 is 1.53 bits per heavy atom. The minimum atomic E-state index is -0.0929. The van der Waals surface area contributed by atoms with E-state index in [-0.39, 0.29) is 11.9 Å². The smallest absolute Gasteiger partial charge is 0.237 e. The molecule has 1 aromatic heterocycles. The Morgan fingerprint density at radius 2 is 2.21 bits per heavy atom. The normalized spacial score (nSPS) is 19.3. The molecule has 2 rings (SSSR count). The van der Waals surface area contributed by atoms with Gasteiger partial charge in [-0.3, -0.25) is 9.69 Å². The molecule has 19 heavy (non-hydrogen) atoms. The van der Waals surface area contributed by atoms with Crippen molar-refractivity contribution < 1.29 is 4.79 Å². The van der Waals surface area contributed by atoms with Gasteiger partial charge in [-0.15, -0.1) is 11.3 Å². The van der Waals surface area contributed by atoms with Crippen LogP contribution in [0, 0.1) is 0 Å². The molecule has 0 aliphatic carbocycles. The van der Waals surface area contributed by atoms with E-state index in [2.05, 4.69) is 27.1 Å². The van der Waals surface area contributed by atoms with Crippen molar-refractivity contribution in [3.05, 3.63) is 11.1 Å². The quantitative estimate of drug-likeness (QED) is 0.812. The first kappa shape index (κ1) is 14.2. The van der Waals surface area contributed by atoms with Crippen LogP contribution in [0.3, 0.4) is 0 Å². The first-order valence-electron chi connectivity index (χ1n) is 6.46. The zero-order chi connectivity index (χ0) is 13.8. The lowest BCUT2D eigenvalue weighted by Gasteiger charge is -2.35. The fraction of sp³-hybridized carbons (Fsp3) is 0.667. The van der Waals surface area contributed by atoms with Crippen LogP contribution in [0.25, 0.3) is 0 Å². The molecule has 6 nitrogen and oxygen atoms in total. The number of piperazine rings is 1. The number of amides is 1. The van der Waals surface area contributed by atoms with Crippen molar-refractivity contribution in [3.8, 4) is 0 Å². The average Bonchev–Trinajstić information content (AvgIpc) is 2.82. The van der Waals surface area contributed by atoms with Gasteiger partial charge in [0.2, 0.25) is 5.91 Å². The van der Waals surface area contributed by atoms with Crippen LogP contribution < -0.4 is 11.1 Å². The Labute approximate surface area is 117 Å². The van der Waals surface area contributed by atoms with Gasteiger partial charge in [0.15, 0.2) is 5.13 Å². The zero-order valence-corrected chi connectivity index (χ0v) is 12.2. The van der Waals surface area contributed by atoms with Crippen molar-refractivity contribution in [3.63, 3.8) is 0 Å². The third-order valence-corrected chi connectivity index (χ3v) is 4.20. The second-order valence-electron chi connectivity index (χ2n) is 4.91. The summed E-state index contributed by atoms with van der Waals surface area (Å²) < 4.78 is 0. The average molecular weight is 283 g/mol. The number of nitrogens with zero attached hydrogens (tertiary/aromatic N) is 3. The fourth-order valence-electron chi connectivity index (χ4n) is 2.10. The second-order valence-corrected chi connectivity index (χ2v) is 5.80. The predicted molar refractivity (Wildman–Crippen MR) is 76.9 cm³/mol. The summed E-state index contributed by atoms with van der Waals surface area (Å²) in [4.78, 5) is 20.7. The molecule has 0 unspecified atom stereocenters. The predicted octanol–water partition coefficient (Wildman–Crippen LogP) is -0.0226. The Balaban J connectivity index is 1.79. The Bertz CT molecular complexity index is 428. The van der Waals surface area contributed by atoms with Crippen LogP contribution in [-0.4, -0.2) is 60.0 Å². The van der Waals surface area contributed by atoms with Crippen molar-refractivity contribution in [1.82, 2.24) is 20.1 Å². The maximum atomic E-state index is 12.1. The molecular weight excluding hydrogens is 262 g/mol. The molecule has 1 aromatic rings. The Kier molecular flexibility index (Phi) is 4.73. The molecule has 1 saturated heterocycles. The molecule has 1 fully saturated rings. The summed E-state index contributed by atoms with van der Waals surface area (Å²) in [5.74, 6) is 0.0520. The zero-order valence-electron chi connectivity index (χ0n) is 11.4. The van der Waals surface area contributed by atoms with Crippen molar-refractivity contribution in [1.29, 1.82) is 0 Å². The molecule has 3 N–H and O–H groups in total. The molecular formula is C12H21N5OS. The number of nitrogens with two attached hydrogens (primary N) is 1. The van der Waals surface area contributed by atoms with Gasteiger partial charge >= 0.3 is 0 Å². The fourth-order valence-corrected chi connectivity index (χ4v) is 2.67. The third kappa shape index (κ3) is 3.89. The molecule has 0 aromatic carbocycles. The van der Waals surface area contributed by atoms with E-state index in [0.717, 1.165) is 31.9 Å². The van der Waals surface area contributed by atoms with Gasteiger partial charge in [0.05, 0.1) is 18.3 Å². The summed E-state index contributed by atoms with van der Waals surface area (Å²) in [5.41, 5.74) is 6.38. The molecule has 2 heterocycles. The highest BCUT2D eigenvalue weighted by Crippen LogP contribution is 2.11. The van der Waals surface area contributed by atoms with Crippen molar-refractivity contribution >= 4 is 22.4 Å². The van der Waals surface area contributed by atoms with Crippen LogP contribution in [0.4, 0.5) is 5.13 Å². The molecule has 0 saturated carbocycles. The number of thiazole rings is 1. The third-order valence-electron chi connectivity index (χ3n) is 3.48. The largest absolute Gasteiger partial charge is 0.375 e. The number of rotatable bonds is 4. The highest BCUT2D eigenvalue weighted by Gasteiger charge is 2.24. The topological polar surface area (TPSA) is 74.5 Å². The van der Waals surface area contributed by atoms with Crippen LogP contribution >= 0.6 is 11.3 Å². The van der Waals surface area contributed by atoms with Gasteiger partial charge in [0.1, 0.15) is 0 Å². The van der Waals surface area contributed by atoms with Crippen LogP contribution in [0.15, 0.2) is 5.38 Å². The van der Waals surface area contributed by atoms with Gasteiger partial charge in [0.25, 0.3) is 0 Å². The summed E-state index contributed by atoms with van der Waals surface area (Å²) in [5, 5.41) is 5.32. The maximum absolute atomic E-state index is 12.1. The number of hydrogen-bond acceptors (Lipinski definition) is 6. The number of nitrogens with one attached hydrogen (secondary N) is 1. The van der Waals surface area contributed by atoms with Gasteiger partial charge in [-0.05, 0) is 14.0 Å². The highest BCUT2D eigenvalue weighted by molar-refractivity contribution is 7.13. The molecule has 0 spiro atoms.